The molecule has 1 atom stereocenters. The van der Waals surface area contributed by atoms with Crippen LogP contribution in [0.2, 0.25) is 0 Å². The number of anilines is 1. The molecule has 0 aliphatic heterocycles. The highest BCUT2D eigenvalue weighted by Gasteiger charge is 2.13. The van der Waals surface area contributed by atoms with E-state index < -0.39 is 5.97 Å². The molecular formula is C10H16N4O2. The van der Waals surface area contributed by atoms with Crippen molar-refractivity contribution in [3.8, 4) is 0 Å². The number of carbonyl (C=O) groups is 1. The molecule has 1 aromatic heterocycles. The number of nitrogens with zero attached hydrogens (tertiary/aromatic N) is 3. The average Bonchev–Trinajstić information content (AvgIpc) is 2.25. The van der Waals surface area contributed by atoms with Gasteiger partial charge in [-0.3, -0.25) is 0 Å². The third-order valence-electron chi connectivity index (χ3n) is 2.35. The minimum absolute atomic E-state index is 0.0477. The zero-order valence-electron chi connectivity index (χ0n) is 9.64. The maximum Gasteiger partial charge on any atom is 0.358 e. The number of carboxylic acid groups (broad SMARTS) is 1. The summed E-state index contributed by atoms with van der Waals surface area (Å²) in [4.78, 5) is 20.6. The molecule has 6 heteroatoms. The van der Waals surface area contributed by atoms with Gasteiger partial charge in [-0.05, 0) is 21.0 Å². The fourth-order valence-corrected chi connectivity index (χ4v) is 1.05. The number of hydrogen-bond acceptors (Lipinski definition) is 5. The molecule has 1 aromatic rings. The molecule has 0 fully saturated rings. The van der Waals surface area contributed by atoms with E-state index in [2.05, 4.69) is 15.3 Å². The van der Waals surface area contributed by atoms with Crippen molar-refractivity contribution in [3.05, 3.63) is 18.1 Å². The van der Waals surface area contributed by atoms with Crippen molar-refractivity contribution in [2.75, 3.05) is 26.0 Å². The summed E-state index contributed by atoms with van der Waals surface area (Å²) in [7, 11) is 3.92. The van der Waals surface area contributed by atoms with Crippen molar-refractivity contribution < 1.29 is 9.90 Å². The Bertz CT molecular complexity index is 368. The molecule has 0 radical (unpaired) electrons. The van der Waals surface area contributed by atoms with Gasteiger partial charge in [0.2, 0.25) is 0 Å². The standard InChI is InChI=1S/C10H16N4O2/c1-7(14(2)3)6-13-9-8(10(15)16)11-4-5-12-9/h4-5,7H,6H2,1-3H3,(H,12,13)(H,15,16). The van der Waals surface area contributed by atoms with Gasteiger partial charge in [-0.2, -0.15) is 0 Å². The quantitative estimate of drug-likeness (QED) is 0.760. The van der Waals surface area contributed by atoms with Crippen molar-refractivity contribution in [2.45, 2.75) is 13.0 Å². The first-order valence-corrected chi connectivity index (χ1v) is 4.97. The van der Waals surface area contributed by atoms with Crippen molar-refractivity contribution in [3.63, 3.8) is 0 Å². The molecular weight excluding hydrogens is 208 g/mol. The number of hydrogen-bond donors (Lipinski definition) is 2. The predicted octanol–water partition coefficient (Wildman–Crippen LogP) is 0.537. The Labute approximate surface area is 94.3 Å². The van der Waals surface area contributed by atoms with E-state index in [0.29, 0.717) is 12.4 Å². The normalized spacial score (nSPS) is 12.5. The molecule has 16 heavy (non-hydrogen) atoms. The molecule has 2 N–H and O–H groups in total. The van der Waals surface area contributed by atoms with E-state index >= 15 is 0 Å². The van der Waals surface area contributed by atoms with Gasteiger partial charge in [-0.1, -0.05) is 0 Å². The van der Waals surface area contributed by atoms with E-state index in [0.717, 1.165) is 0 Å². The number of rotatable bonds is 5. The molecule has 0 saturated carbocycles. The minimum atomic E-state index is -1.08. The van der Waals surface area contributed by atoms with Gasteiger partial charge in [0.05, 0.1) is 0 Å². The number of carboxylic acids is 1. The lowest BCUT2D eigenvalue weighted by molar-refractivity contribution is 0.0691. The zero-order valence-corrected chi connectivity index (χ0v) is 9.64. The van der Waals surface area contributed by atoms with Crippen molar-refractivity contribution in [2.24, 2.45) is 0 Å². The van der Waals surface area contributed by atoms with Gasteiger partial charge in [0.25, 0.3) is 0 Å². The van der Waals surface area contributed by atoms with E-state index in [9.17, 15) is 4.79 Å². The molecule has 0 aliphatic rings. The van der Waals surface area contributed by atoms with Crippen LogP contribution in [-0.2, 0) is 0 Å². The minimum Gasteiger partial charge on any atom is -0.476 e. The van der Waals surface area contributed by atoms with Gasteiger partial charge in [-0.15, -0.1) is 0 Å². The number of aromatic nitrogens is 2. The molecule has 1 heterocycles. The fraction of sp³-hybridized carbons (Fsp3) is 0.500. The lowest BCUT2D eigenvalue weighted by atomic mass is 10.3. The first-order valence-electron chi connectivity index (χ1n) is 4.97. The Morgan fingerprint density at radius 2 is 2.12 bits per heavy atom. The largest absolute Gasteiger partial charge is 0.476 e. The number of aromatic carboxylic acids is 1. The third kappa shape index (κ3) is 3.16. The fourth-order valence-electron chi connectivity index (χ4n) is 1.05. The van der Waals surface area contributed by atoms with Crippen LogP contribution in [0.15, 0.2) is 12.4 Å². The first kappa shape index (κ1) is 12.4. The molecule has 6 nitrogen and oxygen atoms in total. The molecule has 0 saturated heterocycles. The second kappa shape index (κ2) is 5.41. The van der Waals surface area contributed by atoms with Crippen LogP contribution >= 0.6 is 0 Å². The highest BCUT2D eigenvalue weighted by atomic mass is 16.4. The maximum atomic E-state index is 10.8. The summed E-state index contributed by atoms with van der Waals surface area (Å²) in [5, 5.41) is 11.9. The van der Waals surface area contributed by atoms with Gasteiger partial charge in [-0.25, -0.2) is 14.8 Å². The second-order valence-electron chi connectivity index (χ2n) is 3.75. The monoisotopic (exact) mass is 224 g/mol. The summed E-state index contributed by atoms with van der Waals surface area (Å²) >= 11 is 0. The van der Waals surface area contributed by atoms with Crippen LogP contribution in [0.25, 0.3) is 0 Å². The van der Waals surface area contributed by atoms with Crippen molar-refractivity contribution in [1.29, 1.82) is 0 Å². The molecule has 0 spiro atoms. The van der Waals surface area contributed by atoms with Crippen molar-refractivity contribution in [1.82, 2.24) is 14.9 Å². The predicted molar refractivity (Wildman–Crippen MR) is 60.6 cm³/mol. The van der Waals surface area contributed by atoms with E-state index in [-0.39, 0.29) is 11.7 Å². The lowest BCUT2D eigenvalue weighted by Gasteiger charge is -2.20. The Balaban J connectivity index is 2.70. The summed E-state index contributed by atoms with van der Waals surface area (Å²) in [6, 6.07) is 0.281. The average molecular weight is 224 g/mol. The second-order valence-corrected chi connectivity index (χ2v) is 3.75. The van der Waals surface area contributed by atoms with Crippen LogP contribution in [0.3, 0.4) is 0 Å². The van der Waals surface area contributed by atoms with Gasteiger partial charge < -0.3 is 15.3 Å². The molecule has 0 aromatic carbocycles. The molecule has 88 valence electrons. The van der Waals surface area contributed by atoms with Gasteiger partial charge in [0, 0.05) is 25.0 Å². The summed E-state index contributed by atoms with van der Waals surface area (Å²) in [5.41, 5.74) is -0.0477. The van der Waals surface area contributed by atoms with Gasteiger partial charge >= 0.3 is 5.97 Å². The molecule has 0 amide bonds. The smallest absolute Gasteiger partial charge is 0.358 e. The van der Waals surface area contributed by atoms with Crippen LogP contribution < -0.4 is 5.32 Å². The van der Waals surface area contributed by atoms with E-state index in [1.165, 1.54) is 12.4 Å². The van der Waals surface area contributed by atoms with E-state index in [1.54, 1.807) is 0 Å². The summed E-state index contributed by atoms with van der Waals surface area (Å²) < 4.78 is 0. The first-order chi connectivity index (χ1) is 7.52. The summed E-state index contributed by atoms with van der Waals surface area (Å²) in [6.45, 7) is 2.65. The SMILES string of the molecule is CC(CNc1nccnc1C(=O)O)N(C)C. The van der Waals surface area contributed by atoms with Crippen LogP contribution in [0.5, 0.6) is 0 Å². The van der Waals surface area contributed by atoms with Crippen LogP contribution in [0.4, 0.5) is 5.82 Å². The maximum absolute atomic E-state index is 10.8. The number of nitrogens with one attached hydrogen (secondary N) is 1. The summed E-state index contributed by atoms with van der Waals surface area (Å²) in [5.74, 6) is -0.767. The highest BCUT2D eigenvalue weighted by molar-refractivity contribution is 5.90. The lowest BCUT2D eigenvalue weighted by Crippen LogP contribution is -2.32. The number of likely N-dealkylation sites (N-methyl/N-ethyl adjacent to an activating group) is 1. The molecule has 0 bridgehead atoms. The van der Waals surface area contributed by atoms with E-state index in [1.807, 2.05) is 25.9 Å². The van der Waals surface area contributed by atoms with Crippen LogP contribution in [0, 0.1) is 0 Å². The van der Waals surface area contributed by atoms with Crippen LogP contribution in [-0.4, -0.2) is 52.6 Å². The van der Waals surface area contributed by atoms with E-state index in [4.69, 9.17) is 5.11 Å². The summed E-state index contributed by atoms with van der Waals surface area (Å²) in [6.07, 6.45) is 2.83. The topological polar surface area (TPSA) is 78.3 Å². The Kier molecular flexibility index (Phi) is 4.19. The Morgan fingerprint density at radius 1 is 1.50 bits per heavy atom. The Morgan fingerprint density at radius 3 is 2.69 bits per heavy atom. The molecule has 1 rings (SSSR count). The van der Waals surface area contributed by atoms with Gasteiger partial charge in [0.15, 0.2) is 11.5 Å². The molecule has 1 unspecified atom stereocenters. The zero-order chi connectivity index (χ0) is 12.1. The highest BCUT2D eigenvalue weighted by Crippen LogP contribution is 2.08. The van der Waals surface area contributed by atoms with Crippen molar-refractivity contribution >= 4 is 11.8 Å². The van der Waals surface area contributed by atoms with Crippen LogP contribution in [0.1, 0.15) is 17.4 Å². The molecule has 0 aliphatic carbocycles. The Hall–Kier alpha value is -1.69. The third-order valence-corrected chi connectivity index (χ3v) is 2.35. The van der Waals surface area contributed by atoms with Gasteiger partial charge in [0.1, 0.15) is 0 Å².